The van der Waals surface area contributed by atoms with E-state index in [1.807, 2.05) is 18.2 Å². The Morgan fingerprint density at radius 1 is 1.20 bits per heavy atom. The van der Waals surface area contributed by atoms with Crippen molar-refractivity contribution in [2.24, 2.45) is 5.92 Å². The highest BCUT2D eigenvalue weighted by molar-refractivity contribution is 9.11. The molecule has 5 rings (SSSR count). The van der Waals surface area contributed by atoms with Crippen molar-refractivity contribution in [1.29, 1.82) is 0 Å². The first-order chi connectivity index (χ1) is 9.56. The molecule has 4 heterocycles. The van der Waals surface area contributed by atoms with Gasteiger partial charge in [0.15, 0.2) is 0 Å². The number of nitrogens with zero attached hydrogens (tertiary/aromatic N) is 1. The number of aliphatic hydroxyl groups is 1. The first kappa shape index (κ1) is 13.3. The second kappa shape index (κ2) is 4.57. The van der Waals surface area contributed by atoms with Crippen LogP contribution in [0.3, 0.4) is 0 Å². The van der Waals surface area contributed by atoms with E-state index in [9.17, 15) is 5.11 Å². The lowest BCUT2D eigenvalue weighted by atomic mass is 9.74. The minimum absolute atomic E-state index is 0.315. The number of halogens is 2. The van der Waals surface area contributed by atoms with Crippen molar-refractivity contribution < 1.29 is 9.52 Å². The fourth-order valence-corrected chi connectivity index (χ4v) is 4.95. The molecule has 2 aromatic rings. The Balaban J connectivity index is 1.84. The molecule has 3 saturated heterocycles. The molecular weight excluding hydrogens is 386 g/mol. The Morgan fingerprint density at radius 3 is 2.60 bits per heavy atom. The van der Waals surface area contributed by atoms with Crippen LogP contribution in [0.4, 0.5) is 0 Å². The second-order valence-corrected chi connectivity index (χ2v) is 7.66. The van der Waals surface area contributed by atoms with Crippen molar-refractivity contribution in [2.75, 3.05) is 19.6 Å². The van der Waals surface area contributed by atoms with E-state index in [1.54, 1.807) is 0 Å². The maximum Gasteiger partial charge on any atom is 0.148 e. The van der Waals surface area contributed by atoms with Crippen molar-refractivity contribution in [1.82, 2.24) is 4.90 Å². The molecule has 0 saturated carbocycles. The average molecular weight is 401 g/mol. The van der Waals surface area contributed by atoms with Gasteiger partial charge in [0.1, 0.15) is 16.9 Å². The zero-order valence-corrected chi connectivity index (χ0v) is 14.1. The van der Waals surface area contributed by atoms with E-state index in [2.05, 4.69) is 36.8 Å². The summed E-state index contributed by atoms with van der Waals surface area (Å²) in [5.74, 6) is 1.02. The van der Waals surface area contributed by atoms with Gasteiger partial charge in [0.05, 0.1) is 4.47 Å². The van der Waals surface area contributed by atoms with Crippen LogP contribution in [0.2, 0.25) is 0 Å². The third kappa shape index (κ3) is 1.90. The maximum absolute atomic E-state index is 11.1. The molecule has 1 aromatic carbocycles. The zero-order chi connectivity index (χ0) is 13.9. The maximum atomic E-state index is 11.1. The van der Waals surface area contributed by atoms with Gasteiger partial charge in [-0.1, -0.05) is 15.9 Å². The van der Waals surface area contributed by atoms with Gasteiger partial charge in [-0.2, -0.15) is 0 Å². The lowest BCUT2D eigenvalue weighted by Crippen LogP contribution is -2.56. The van der Waals surface area contributed by atoms with Crippen molar-refractivity contribution in [3.63, 3.8) is 0 Å². The Hall–Kier alpha value is -0.360. The summed E-state index contributed by atoms with van der Waals surface area (Å²) in [5.41, 5.74) is -0.0189. The number of benzene rings is 1. The molecule has 0 amide bonds. The van der Waals surface area contributed by atoms with E-state index >= 15 is 0 Å². The molecular formula is C15H15Br2NO2. The summed E-state index contributed by atoms with van der Waals surface area (Å²) in [6.07, 6.45) is 2.11. The molecule has 106 valence electrons. The van der Waals surface area contributed by atoms with E-state index in [0.29, 0.717) is 18.2 Å². The quantitative estimate of drug-likeness (QED) is 0.789. The van der Waals surface area contributed by atoms with Crippen LogP contribution in [-0.4, -0.2) is 29.6 Å². The number of fused-ring (bicyclic) bond motifs is 4. The smallest absolute Gasteiger partial charge is 0.148 e. The Bertz CT molecular complexity index is 676. The van der Waals surface area contributed by atoms with Crippen LogP contribution in [0, 0.1) is 5.92 Å². The molecule has 1 aromatic heterocycles. The highest BCUT2D eigenvalue weighted by atomic mass is 79.9. The molecule has 1 atom stereocenters. The zero-order valence-electron chi connectivity index (χ0n) is 10.9. The Labute approximate surface area is 134 Å². The van der Waals surface area contributed by atoms with Crippen LogP contribution in [0.15, 0.2) is 31.6 Å². The normalized spacial score (nSPS) is 33.0. The number of hydrogen-bond acceptors (Lipinski definition) is 3. The van der Waals surface area contributed by atoms with E-state index in [-0.39, 0.29) is 0 Å². The molecule has 1 unspecified atom stereocenters. The molecule has 0 radical (unpaired) electrons. The number of rotatable bonds is 1. The topological polar surface area (TPSA) is 36.6 Å². The number of furan rings is 1. The summed E-state index contributed by atoms with van der Waals surface area (Å²) in [6.45, 7) is 2.89. The molecule has 3 nitrogen and oxygen atoms in total. The molecule has 3 aliphatic rings. The minimum atomic E-state index is -0.832. The lowest BCUT2D eigenvalue weighted by Gasteiger charge is -2.49. The summed E-state index contributed by atoms with van der Waals surface area (Å²) in [5, 5.41) is 12.2. The minimum Gasteiger partial charge on any atom is -0.457 e. The Morgan fingerprint density at radius 2 is 1.95 bits per heavy atom. The van der Waals surface area contributed by atoms with E-state index in [4.69, 9.17) is 4.42 Å². The van der Waals surface area contributed by atoms with Gasteiger partial charge in [0.2, 0.25) is 0 Å². The molecule has 0 spiro atoms. The average Bonchev–Trinajstić information content (AvgIpc) is 2.84. The summed E-state index contributed by atoms with van der Waals surface area (Å²) in [6, 6.07) is 5.99. The molecule has 5 heteroatoms. The third-order valence-electron chi connectivity index (χ3n) is 4.69. The molecule has 3 fully saturated rings. The standard InChI is InChI=1S/C15H15Br2NO2/c16-11-5-9-6-13(20-14(9)12(17)7-11)15(19)8-18-3-1-10(15)2-4-18/h5-7,10,19H,1-4,8H2. The number of hydrogen-bond donors (Lipinski definition) is 1. The molecule has 3 aliphatic heterocycles. The monoisotopic (exact) mass is 399 g/mol. The molecule has 1 N–H and O–H groups in total. The van der Waals surface area contributed by atoms with Crippen LogP contribution in [0.5, 0.6) is 0 Å². The van der Waals surface area contributed by atoms with E-state index in [0.717, 1.165) is 45.8 Å². The van der Waals surface area contributed by atoms with Gasteiger partial charge in [-0.25, -0.2) is 0 Å². The predicted molar refractivity (Wildman–Crippen MR) is 84.7 cm³/mol. The predicted octanol–water partition coefficient (Wildman–Crippen LogP) is 3.87. The fourth-order valence-electron chi connectivity index (χ4n) is 3.61. The first-order valence-electron chi connectivity index (χ1n) is 6.90. The van der Waals surface area contributed by atoms with Gasteiger partial charge in [-0.15, -0.1) is 0 Å². The fraction of sp³-hybridized carbons (Fsp3) is 0.467. The van der Waals surface area contributed by atoms with Crippen LogP contribution in [0.1, 0.15) is 18.6 Å². The van der Waals surface area contributed by atoms with Crippen LogP contribution < -0.4 is 0 Å². The third-order valence-corrected chi connectivity index (χ3v) is 5.74. The highest BCUT2D eigenvalue weighted by Gasteiger charge is 2.48. The van der Waals surface area contributed by atoms with Crippen LogP contribution in [-0.2, 0) is 5.60 Å². The summed E-state index contributed by atoms with van der Waals surface area (Å²) in [4.78, 5) is 2.33. The van der Waals surface area contributed by atoms with Crippen molar-refractivity contribution in [3.05, 3.63) is 32.9 Å². The Kier molecular flexibility index (Phi) is 3.04. The van der Waals surface area contributed by atoms with Gasteiger partial charge in [-0.3, -0.25) is 4.90 Å². The highest BCUT2D eigenvalue weighted by Crippen LogP contribution is 2.44. The summed E-state index contributed by atoms with van der Waals surface area (Å²) >= 11 is 7.02. The largest absolute Gasteiger partial charge is 0.457 e. The van der Waals surface area contributed by atoms with Crippen molar-refractivity contribution >= 4 is 42.8 Å². The molecule has 20 heavy (non-hydrogen) atoms. The van der Waals surface area contributed by atoms with Gasteiger partial charge >= 0.3 is 0 Å². The van der Waals surface area contributed by atoms with Crippen LogP contribution >= 0.6 is 31.9 Å². The van der Waals surface area contributed by atoms with Gasteiger partial charge in [0, 0.05) is 16.4 Å². The van der Waals surface area contributed by atoms with Crippen LogP contribution in [0.25, 0.3) is 11.0 Å². The summed E-state index contributed by atoms with van der Waals surface area (Å²) in [7, 11) is 0. The summed E-state index contributed by atoms with van der Waals surface area (Å²) < 4.78 is 7.92. The first-order valence-corrected chi connectivity index (χ1v) is 8.49. The molecule has 0 aliphatic carbocycles. The van der Waals surface area contributed by atoms with E-state index < -0.39 is 5.60 Å². The second-order valence-electron chi connectivity index (χ2n) is 5.89. The van der Waals surface area contributed by atoms with Crippen molar-refractivity contribution in [2.45, 2.75) is 18.4 Å². The van der Waals surface area contributed by atoms with Gasteiger partial charge < -0.3 is 9.52 Å². The number of piperidine rings is 3. The molecule has 2 bridgehead atoms. The van der Waals surface area contributed by atoms with Gasteiger partial charge in [-0.05, 0) is 66.0 Å². The SMILES string of the molecule is OC1(c2cc3cc(Br)cc(Br)c3o2)CN2CCC1CC2. The van der Waals surface area contributed by atoms with Crippen molar-refractivity contribution in [3.8, 4) is 0 Å². The van der Waals surface area contributed by atoms with Gasteiger partial charge in [0.25, 0.3) is 0 Å². The lowest BCUT2D eigenvalue weighted by molar-refractivity contribution is -0.128. The van der Waals surface area contributed by atoms with E-state index in [1.165, 1.54) is 0 Å².